The first-order chi connectivity index (χ1) is 9.78. The lowest BCUT2D eigenvalue weighted by atomic mass is 10.0. The van der Waals surface area contributed by atoms with Crippen LogP contribution in [0, 0.1) is 0 Å². The van der Waals surface area contributed by atoms with Crippen molar-refractivity contribution in [2.45, 2.75) is 6.92 Å². The van der Waals surface area contributed by atoms with Gasteiger partial charge in [-0.15, -0.1) is 0 Å². The quantitative estimate of drug-likeness (QED) is 0.839. The number of hydrogen-bond acceptors (Lipinski definition) is 3. The summed E-state index contributed by atoms with van der Waals surface area (Å²) < 4.78 is 5.55. The number of carbonyl (C=O) groups is 1. The van der Waals surface area contributed by atoms with E-state index in [4.69, 9.17) is 4.74 Å². The molecule has 2 aromatic rings. The fourth-order valence-corrected chi connectivity index (χ4v) is 2.34. The lowest BCUT2D eigenvalue weighted by molar-refractivity contribution is -0.116. The zero-order valence-corrected chi connectivity index (χ0v) is 11.3. The van der Waals surface area contributed by atoms with E-state index in [9.17, 15) is 4.79 Å². The van der Waals surface area contributed by atoms with Crippen LogP contribution < -0.4 is 15.6 Å². The molecule has 1 fully saturated rings. The number of fused-ring (bicyclic) bond motifs is 1. The van der Waals surface area contributed by atoms with Crippen LogP contribution in [0.4, 0.5) is 0 Å². The second kappa shape index (κ2) is 5.35. The van der Waals surface area contributed by atoms with Gasteiger partial charge in [-0.2, -0.15) is 0 Å². The van der Waals surface area contributed by atoms with Gasteiger partial charge in [0.25, 0.3) is 5.91 Å². The molecule has 1 aliphatic rings. The molecule has 20 heavy (non-hydrogen) atoms. The number of carbonyl (C=O) groups excluding carboxylic acids is 1. The van der Waals surface area contributed by atoms with Gasteiger partial charge in [-0.05, 0) is 41.5 Å². The van der Waals surface area contributed by atoms with Crippen molar-refractivity contribution in [2.75, 3.05) is 13.2 Å². The van der Waals surface area contributed by atoms with E-state index in [1.54, 1.807) is 0 Å². The molecule has 0 aromatic heterocycles. The van der Waals surface area contributed by atoms with Crippen molar-refractivity contribution in [1.82, 2.24) is 10.9 Å². The van der Waals surface area contributed by atoms with E-state index in [0.29, 0.717) is 13.2 Å². The lowest BCUT2D eigenvalue weighted by Gasteiger charge is -2.07. The van der Waals surface area contributed by atoms with Crippen LogP contribution in [0.1, 0.15) is 12.5 Å². The van der Waals surface area contributed by atoms with Crippen molar-refractivity contribution in [3.05, 3.63) is 47.5 Å². The summed E-state index contributed by atoms with van der Waals surface area (Å²) in [6.45, 7) is 3.15. The highest BCUT2D eigenvalue weighted by atomic mass is 16.5. The summed E-state index contributed by atoms with van der Waals surface area (Å²) in [5.41, 5.74) is 7.18. The zero-order valence-electron chi connectivity index (χ0n) is 11.3. The molecule has 1 heterocycles. The first kappa shape index (κ1) is 12.7. The van der Waals surface area contributed by atoms with Gasteiger partial charge in [-0.3, -0.25) is 10.2 Å². The molecule has 0 saturated carbocycles. The van der Waals surface area contributed by atoms with E-state index in [-0.39, 0.29) is 5.91 Å². The van der Waals surface area contributed by atoms with Gasteiger partial charge in [0, 0.05) is 12.1 Å². The largest absolute Gasteiger partial charge is 0.494 e. The molecule has 0 unspecified atom stereocenters. The highest BCUT2D eigenvalue weighted by Gasteiger charge is 2.15. The van der Waals surface area contributed by atoms with E-state index >= 15 is 0 Å². The maximum atomic E-state index is 11.6. The van der Waals surface area contributed by atoms with E-state index in [1.807, 2.05) is 43.3 Å². The summed E-state index contributed by atoms with van der Waals surface area (Å²) in [6, 6.07) is 12.1. The van der Waals surface area contributed by atoms with Gasteiger partial charge in [0.15, 0.2) is 0 Å². The summed E-state index contributed by atoms with van der Waals surface area (Å²) >= 11 is 0. The SMILES string of the molecule is CCOc1ccc2cccc(/C=C3\CNNC3=O)c2c1. The van der Waals surface area contributed by atoms with Crippen molar-refractivity contribution >= 4 is 22.8 Å². The standard InChI is InChI=1S/C16H16N2O2/c1-2-20-14-7-6-11-4-3-5-12(15(11)9-14)8-13-10-17-18-16(13)19/h3-9,17H,2,10H2,1H3,(H,18,19)/b13-8+. The van der Waals surface area contributed by atoms with E-state index in [1.165, 1.54) is 0 Å². The summed E-state index contributed by atoms with van der Waals surface area (Å²) in [6.07, 6.45) is 1.92. The first-order valence-electron chi connectivity index (χ1n) is 6.67. The molecular formula is C16H16N2O2. The monoisotopic (exact) mass is 268 g/mol. The van der Waals surface area contributed by atoms with Crippen LogP contribution in [-0.2, 0) is 4.79 Å². The molecule has 4 heteroatoms. The number of nitrogens with one attached hydrogen (secondary N) is 2. The summed E-state index contributed by atoms with van der Waals surface area (Å²) in [5, 5.41) is 2.22. The molecule has 102 valence electrons. The van der Waals surface area contributed by atoms with Gasteiger partial charge in [0.05, 0.1) is 6.61 Å². The molecule has 1 amide bonds. The summed E-state index contributed by atoms with van der Waals surface area (Å²) in [7, 11) is 0. The molecule has 0 radical (unpaired) electrons. The minimum absolute atomic E-state index is 0.0667. The third-order valence-electron chi connectivity index (χ3n) is 3.30. The topological polar surface area (TPSA) is 50.4 Å². The van der Waals surface area contributed by atoms with Crippen molar-refractivity contribution in [1.29, 1.82) is 0 Å². The molecule has 0 aliphatic carbocycles. The molecule has 1 aliphatic heterocycles. The van der Waals surface area contributed by atoms with E-state index < -0.39 is 0 Å². The Hall–Kier alpha value is -2.33. The molecule has 0 atom stereocenters. The minimum Gasteiger partial charge on any atom is -0.494 e. The zero-order chi connectivity index (χ0) is 13.9. The predicted molar refractivity (Wildman–Crippen MR) is 79.2 cm³/mol. The van der Waals surface area contributed by atoms with Gasteiger partial charge in [-0.25, -0.2) is 5.43 Å². The van der Waals surface area contributed by atoms with E-state index in [2.05, 4.69) is 16.9 Å². The average molecular weight is 268 g/mol. The minimum atomic E-state index is -0.0667. The smallest absolute Gasteiger partial charge is 0.262 e. The number of benzene rings is 2. The van der Waals surface area contributed by atoms with Crippen LogP contribution >= 0.6 is 0 Å². The van der Waals surface area contributed by atoms with E-state index in [0.717, 1.165) is 27.7 Å². The molecule has 4 nitrogen and oxygen atoms in total. The van der Waals surface area contributed by atoms with Gasteiger partial charge in [0.1, 0.15) is 5.75 Å². The second-order valence-corrected chi connectivity index (χ2v) is 4.64. The molecular weight excluding hydrogens is 252 g/mol. The third-order valence-corrected chi connectivity index (χ3v) is 3.30. The normalized spacial score (nSPS) is 16.6. The van der Waals surface area contributed by atoms with Crippen molar-refractivity contribution in [3.8, 4) is 5.75 Å². The van der Waals surface area contributed by atoms with Crippen LogP contribution in [0.25, 0.3) is 16.8 Å². The maximum absolute atomic E-state index is 11.6. The molecule has 3 rings (SSSR count). The van der Waals surface area contributed by atoms with Crippen molar-refractivity contribution in [3.63, 3.8) is 0 Å². The number of ether oxygens (including phenoxy) is 1. The van der Waals surface area contributed by atoms with Gasteiger partial charge in [0.2, 0.25) is 0 Å². The maximum Gasteiger partial charge on any atom is 0.262 e. The Morgan fingerprint density at radius 3 is 2.95 bits per heavy atom. The number of amides is 1. The number of rotatable bonds is 3. The Morgan fingerprint density at radius 2 is 2.20 bits per heavy atom. The van der Waals surface area contributed by atoms with Crippen molar-refractivity contribution in [2.24, 2.45) is 0 Å². The lowest BCUT2D eigenvalue weighted by Crippen LogP contribution is -2.25. The van der Waals surface area contributed by atoms with Crippen LogP contribution in [0.15, 0.2) is 42.0 Å². The number of hydrogen-bond donors (Lipinski definition) is 2. The van der Waals surface area contributed by atoms with Crippen LogP contribution in [0.5, 0.6) is 5.75 Å². The van der Waals surface area contributed by atoms with Crippen LogP contribution in [0.2, 0.25) is 0 Å². The van der Waals surface area contributed by atoms with Gasteiger partial charge in [-0.1, -0.05) is 24.3 Å². The second-order valence-electron chi connectivity index (χ2n) is 4.64. The highest BCUT2D eigenvalue weighted by molar-refractivity contribution is 6.02. The third kappa shape index (κ3) is 2.38. The molecule has 0 spiro atoms. The summed E-state index contributed by atoms with van der Waals surface area (Å²) in [4.78, 5) is 11.6. The molecule has 2 aromatic carbocycles. The fraction of sp³-hybridized carbons (Fsp3) is 0.188. The summed E-state index contributed by atoms with van der Waals surface area (Å²) in [5.74, 6) is 0.780. The Balaban J connectivity index is 2.09. The van der Waals surface area contributed by atoms with Gasteiger partial charge >= 0.3 is 0 Å². The van der Waals surface area contributed by atoms with Crippen molar-refractivity contribution < 1.29 is 9.53 Å². The number of hydrazine groups is 1. The Labute approximate surface area is 117 Å². The Bertz CT molecular complexity index is 692. The molecule has 1 saturated heterocycles. The van der Waals surface area contributed by atoms with Crippen LogP contribution in [-0.4, -0.2) is 19.1 Å². The fourth-order valence-electron chi connectivity index (χ4n) is 2.34. The first-order valence-corrected chi connectivity index (χ1v) is 6.67. The van der Waals surface area contributed by atoms with Gasteiger partial charge < -0.3 is 4.74 Å². The molecule has 0 bridgehead atoms. The Morgan fingerprint density at radius 1 is 1.30 bits per heavy atom. The molecule has 2 N–H and O–H groups in total. The highest BCUT2D eigenvalue weighted by Crippen LogP contribution is 2.26. The Kier molecular flexibility index (Phi) is 3.39. The van der Waals surface area contributed by atoms with Crippen LogP contribution in [0.3, 0.4) is 0 Å². The average Bonchev–Trinajstić information content (AvgIpc) is 2.85. The predicted octanol–water partition coefficient (Wildman–Crippen LogP) is 2.26.